The third-order valence-electron chi connectivity index (χ3n) is 4.52. The fraction of sp³-hybridized carbons (Fsp3) is 0.316. The van der Waals surface area contributed by atoms with Crippen molar-refractivity contribution in [1.82, 2.24) is 9.80 Å². The minimum absolute atomic E-state index is 0.316. The van der Waals surface area contributed by atoms with Crippen LogP contribution in [-0.4, -0.2) is 42.0 Å². The summed E-state index contributed by atoms with van der Waals surface area (Å²) < 4.78 is 0. The summed E-state index contributed by atoms with van der Waals surface area (Å²) in [5, 5.41) is 0. The van der Waals surface area contributed by atoms with Crippen LogP contribution in [0.5, 0.6) is 0 Å². The molecule has 120 valence electrons. The van der Waals surface area contributed by atoms with Crippen molar-refractivity contribution < 1.29 is 4.79 Å². The van der Waals surface area contributed by atoms with Crippen LogP contribution >= 0.6 is 0 Å². The average Bonchev–Trinajstić information content (AvgIpc) is 2.61. The van der Waals surface area contributed by atoms with E-state index in [9.17, 15) is 4.79 Å². The van der Waals surface area contributed by atoms with Crippen LogP contribution in [0, 0.1) is 0 Å². The van der Waals surface area contributed by atoms with Gasteiger partial charge in [-0.1, -0.05) is 60.7 Å². The first-order valence-electron chi connectivity index (χ1n) is 8.11. The van der Waals surface area contributed by atoms with E-state index in [-0.39, 0.29) is 6.03 Å². The van der Waals surface area contributed by atoms with Crippen LogP contribution in [0.25, 0.3) is 0 Å². The molecule has 4 nitrogen and oxygen atoms in total. The van der Waals surface area contributed by atoms with Gasteiger partial charge in [0.05, 0.1) is 0 Å². The normalized spacial score (nSPS) is 17.0. The highest BCUT2D eigenvalue weighted by Crippen LogP contribution is 2.26. The van der Waals surface area contributed by atoms with Gasteiger partial charge in [0.1, 0.15) is 0 Å². The Morgan fingerprint density at radius 2 is 1.48 bits per heavy atom. The average molecular weight is 309 g/mol. The van der Waals surface area contributed by atoms with Gasteiger partial charge in [-0.05, 0) is 17.5 Å². The van der Waals surface area contributed by atoms with Gasteiger partial charge >= 0.3 is 6.03 Å². The first kappa shape index (κ1) is 15.6. The van der Waals surface area contributed by atoms with Crippen molar-refractivity contribution in [2.24, 2.45) is 5.73 Å². The molecule has 1 aliphatic heterocycles. The number of piperazine rings is 1. The molecule has 2 aromatic carbocycles. The first-order chi connectivity index (χ1) is 11.2. The highest BCUT2D eigenvalue weighted by molar-refractivity contribution is 5.72. The van der Waals surface area contributed by atoms with Crippen molar-refractivity contribution in [2.75, 3.05) is 26.2 Å². The summed E-state index contributed by atoms with van der Waals surface area (Å²) in [5.74, 6) is 0. The van der Waals surface area contributed by atoms with Crippen molar-refractivity contribution >= 4 is 6.03 Å². The van der Waals surface area contributed by atoms with Gasteiger partial charge in [0, 0.05) is 32.2 Å². The maximum atomic E-state index is 11.3. The zero-order chi connectivity index (χ0) is 16.1. The lowest BCUT2D eigenvalue weighted by molar-refractivity contribution is 0.111. The van der Waals surface area contributed by atoms with Crippen molar-refractivity contribution in [3.05, 3.63) is 71.8 Å². The number of rotatable bonds is 4. The van der Waals surface area contributed by atoms with E-state index in [1.807, 2.05) is 12.1 Å². The Morgan fingerprint density at radius 1 is 0.913 bits per heavy atom. The second kappa shape index (κ2) is 7.29. The van der Waals surface area contributed by atoms with Gasteiger partial charge < -0.3 is 10.6 Å². The van der Waals surface area contributed by atoms with Gasteiger partial charge in [-0.15, -0.1) is 0 Å². The molecule has 3 rings (SSSR count). The van der Waals surface area contributed by atoms with E-state index in [0.29, 0.717) is 19.1 Å². The predicted octanol–water partition coefficient (Wildman–Crippen LogP) is 2.67. The fourth-order valence-corrected chi connectivity index (χ4v) is 3.22. The summed E-state index contributed by atoms with van der Waals surface area (Å²) in [7, 11) is 0. The predicted molar refractivity (Wildman–Crippen MR) is 92.1 cm³/mol. The minimum Gasteiger partial charge on any atom is -0.351 e. The van der Waals surface area contributed by atoms with Crippen LogP contribution in [0.4, 0.5) is 4.79 Å². The van der Waals surface area contributed by atoms with Crippen LogP contribution in [0.15, 0.2) is 60.7 Å². The highest BCUT2D eigenvalue weighted by Gasteiger charge is 2.26. The van der Waals surface area contributed by atoms with Gasteiger partial charge in [0.25, 0.3) is 0 Å². The van der Waals surface area contributed by atoms with Crippen LogP contribution in [0.3, 0.4) is 0 Å². The summed E-state index contributed by atoms with van der Waals surface area (Å²) in [6.45, 7) is 3.12. The zero-order valence-electron chi connectivity index (χ0n) is 13.3. The molecule has 0 radical (unpaired) electrons. The molecular formula is C19H23N3O. The van der Waals surface area contributed by atoms with Crippen LogP contribution < -0.4 is 5.73 Å². The van der Waals surface area contributed by atoms with Crippen molar-refractivity contribution in [3.8, 4) is 0 Å². The Bertz CT molecular complexity index is 622. The van der Waals surface area contributed by atoms with Gasteiger partial charge in [0.15, 0.2) is 0 Å². The van der Waals surface area contributed by atoms with Gasteiger partial charge in [-0.3, -0.25) is 4.90 Å². The molecule has 2 amide bonds. The number of amides is 2. The molecule has 1 atom stereocenters. The Balaban J connectivity index is 1.77. The number of hydrogen-bond donors (Lipinski definition) is 1. The highest BCUT2D eigenvalue weighted by atomic mass is 16.2. The molecule has 0 spiro atoms. The molecule has 4 heteroatoms. The molecule has 1 saturated heterocycles. The molecule has 2 aromatic rings. The van der Waals surface area contributed by atoms with E-state index in [1.54, 1.807) is 4.90 Å². The molecule has 2 N–H and O–H groups in total. The van der Waals surface area contributed by atoms with Crippen LogP contribution in [0.1, 0.15) is 17.2 Å². The molecule has 1 heterocycles. The molecule has 1 aliphatic rings. The molecule has 0 aliphatic carbocycles. The summed E-state index contributed by atoms with van der Waals surface area (Å²) in [6.07, 6.45) is 0.974. The standard InChI is InChI=1S/C19H23N3O/c20-19(23)22-13-11-21(12-14-22)18(17-9-5-2-6-10-17)15-16-7-3-1-4-8-16/h1-10,18H,11-15H2,(H2,20,23). The minimum atomic E-state index is -0.316. The molecule has 0 saturated carbocycles. The van der Waals surface area contributed by atoms with Crippen molar-refractivity contribution in [1.29, 1.82) is 0 Å². The summed E-state index contributed by atoms with van der Waals surface area (Å²) in [4.78, 5) is 15.5. The van der Waals surface area contributed by atoms with E-state index >= 15 is 0 Å². The number of carbonyl (C=O) groups excluding carboxylic acids is 1. The number of nitrogens with zero attached hydrogens (tertiary/aromatic N) is 2. The number of hydrogen-bond acceptors (Lipinski definition) is 2. The number of primary amides is 1. The molecule has 23 heavy (non-hydrogen) atoms. The second-order valence-corrected chi connectivity index (χ2v) is 5.98. The molecule has 1 unspecified atom stereocenters. The Morgan fingerprint density at radius 3 is 2.04 bits per heavy atom. The Hall–Kier alpha value is -2.33. The molecule has 0 aromatic heterocycles. The van der Waals surface area contributed by atoms with Crippen molar-refractivity contribution in [3.63, 3.8) is 0 Å². The number of benzene rings is 2. The zero-order valence-corrected chi connectivity index (χ0v) is 13.3. The van der Waals surface area contributed by atoms with E-state index in [2.05, 4.69) is 53.4 Å². The number of nitrogens with two attached hydrogens (primary N) is 1. The molecular weight excluding hydrogens is 286 g/mol. The second-order valence-electron chi connectivity index (χ2n) is 5.98. The molecule has 0 bridgehead atoms. The SMILES string of the molecule is NC(=O)N1CCN(C(Cc2ccccc2)c2ccccc2)CC1. The van der Waals surface area contributed by atoms with Crippen LogP contribution in [-0.2, 0) is 6.42 Å². The first-order valence-corrected chi connectivity index (χ1v) is 8.11. The fourth-order valence-electron chi connectivity index (χ4n) is 3.22. The lowest BCUT2D eigenvalue weighted by atomic mass is 9.97. The van der Waals surface area contributed by atoms with Crippen LogP contribution in [0.2, 0.25) is 0 Å². The van der Waals surface area contributed by atoms with Gasteiger partial charge in [-0.25, -0.2) is 4.79 Å². The van der Waals surface area contributed by atoms with E-state index < -0.39 is 0 Å². The third kappa shape index (κ3) is 3.90. The third-order valence-corrected chi connectivity index (χ3v) is 4.52. The Labute approximate surface area is 137 Å². The van der Waals surface area contributed by atoms with E-state index in [1.165, 1.54) is 11.1 Å². The smallest absolute Gasteiger partial charge is 0.314 e. The summed E-state index contributed by atoms with van der Waals surface area (Å²) in [5.41, 5.74) is 8.05. The lowest BCUT2D eigenvalue weighted by Crippen LogP contribution is -2.51. The largest absolute Gasteiger partial charge is 0.351 e. The monoisotopic (exact) mass is 309 g/mol. The maximum Gasteiger partial charge on any atom is 0.314 e. The van der Waals surface area contributed by atoms with Gasteiger partial charge in [-0.2, -0.15) is 0 Å². The topological polar surface area (TPSA) is 49.6 Å². The van der Waals surface area contributed by atoms with E-state index in [0.717, 1.165) is 19.5 Å². The van der Waals surface area contributed by atoms with Crippen molar-refractivity contribution in [2.45, 2.75) is 12.5 Å². The quantitative estimate of drug-likeness (QED) is 0.944. The van der Waals surface area contributed by atoms with Gasteiger partial charge in [0.2, 0.25) is 0 Å². The summed E-state index contributed by atoms with van der Waals surface area (Å²) >= 11 is 0. The number of urea groups is 1. The molecule has 1 fully saturated rings. The van der Waals surface area contributed by atoms with E-state index in [4.69, 9.17) is 5.73 Å². The Kier molecular flexibility index (Phi) is 4.93. The summed E-state index contributed by atoms with van der Waals surface area (Å²) in [6, 6.07) is 21.2. The number of carbonyl (C=O) groups is 1. The lowest BCUT2D eigenvalue weighted by Gasteiger charge is -2.39. The maximum absolute atomic E-state index is 11.3.